The van der Waals surface area contributed by atoms with Crippen molar-refractivity contribution in [2.45, 2.75) is 38.9 Å². The largest absolute Gasteiger partial charge is 0.132 e. The molecule has 0 spiro atoms. The lowest BCUT2D eigenvalue weighted by atomic mass is 10.2. The van der Waals surface area contributed by atoms with Gasteiger partial charge in [0, 0.05) is 5.92 Å². The lowest BCUT2D eigenvalue weighted by molar-refractivity contribution is 0.715. The van der Waals surface area contributed by atoms with Gasteiger partial charge in [-0.3, -0.25) is 0 Å². The van der Waals surface area contributed by atoms with E-state index < -0.39 is 8.07 Å². The van der Waals surface area contributed by atoms with E-state index in [4.69, 9.17) is 0 Å². The first-order chi connectivity index (χ1) is 6.03. The van der Waals surface area contributed by atoms with Gasteiger partial charge in [-0.05, 0) is 25.2 Å². The van der Waals surface area contributed by atoms with E-state index >= 15 is 0 Å². The quantitative estimate of drug-likeness (QED) is 0.365. The molecule has 0 aromatic carbocycles. The lowest BCUT2D eigenvalue weighted by Crippen LogP contribution is -2.16. The van der Waals surface area contributed by atoms with Crippen molar-refractivity contribution >= 4 is 8.07 Å². The Kier molecular flexibility index (Phi) is 3.38. The molecule has 0 heterocycles. The first kappa shape index (κ1) is 10.6. The van der Waals surface area contributed by atoms with Crippen LogP contribution in [0, 0.1) is 23.3 Å². The number of hydrogen-bond acceptors (Lipinski definition) is 0. The van der Waals surface area contributed by atoms with Gasteiger partial charge in [0.15, 0.2) is 0 Å². The summed E-state index contributed by atoms with van der Waals surface area (Å²) in [6.07, 6.45) is 5.82. The fraction of sp³-hybridized carbons (Fsp3) is 0.667. The van der Waals surface area contributed by atoms with E-state index in [1.165, 1.54) is 12.8 Å². The molecular weight excluding hydrogens is 172 g/mol. The zero-order valence-electron chi connectivity index (χ0n) is 9.06. The van der Waals surface area contributed by atoms with Crippen LogP contribution in [0.1, 0.15) is 19.3 Å². The summed E-state index contributed by atoms with van der Waals surface area (Å²) in [6.45, 7) is 10.7. The Morgan fingerprint density at radius 1 is 1.46 bits per heavy atom. The van der Waals surface area contributed by atoms with Crippen molar-refractivity contribution < 1.29 is 0 Å². The molecule has 1 saturated carbocycles. The molecule has 1 fully saturated rings. The van der Waals surface area contributed by atoms with Crippen molar-refractivity contribution in [3.63, 3.8) is 0 Å². The molecule has 0 N–H and O–H groups in total. The molecule has 1 heteroatoms. The fourth-order valence-corrected chi connectivity index (χ4v) is 2.00. The molecule has 13 heavy (non-hydrogen) atoms. The van der Waals surface area contributed by atoms with Crippen molar-refractivity contribution in [1.82, 2.24) is 0 Å². The van der Waals surface area contributed by atoms with Crippen LogP contribution in [0.15, 0.2) is 12.7 Å². The summed E-state index contributed by atoms with van der Waals surface area (Å²) in [7, 11) is -1.12. The van der Waals surface area contributed by atoms with Crippen LogP contribution in [0.25, 0.3) is 0 Å². The van der Waals surface area contributed by atoms with Crippen LogP contribution < -0.4 is 0 Å². The molecule has 0 radical (unpaired) electrons. The highest BCUT2D eigenvalue weighted by Gasteiger charge is 2.34. The molecule has 0 aliphatic heterocycles. The zero-order valence-corrected chi connectivity index (χ0v) is 10.1. The van der Waals surface area contributed by atoms with E-state index in [2.05, 4.69) is 37.7 Å². The number of allylic oxidation sites excluding steroid dienone is 1. The molecule has 72 valence electrons. The zero-order chi connectivity index (χ0) is 9.90. The van der Waals surface area contributed by atoms with Crippen LogP contribution in [0.2, 0.25) is 19.6 Å². The van der Waals surface area contributed by atoms with E-state index in [1.54, 1.807) is 0 Å². The molecule has 1 unspecified atom stereocenters. The minimum Gasteiger partial charge on any atom is -0.132 e. The third kappa shape index (κ3) is 4.33. The van der Waals surface area contributed by atoms with Crippen molar-refractivity contribution in [2.24, 2.45) is 11.8 Å². The van der Waals surface area contributed by atoms with Crippen LogP contribution in [0.5, 0.6) is 0 Å². The van der Waals surface area contributed by atoms with Gasteiger partial charge in [0.1, 0.15) is 8.07 Å². The van der Waals surface area contributed by atoms with Crippen molar-refractivity contribution in [3.8, 4) is 11.5 Å². The molecule has 0 aromatic rings. The Balaban J connectivity index is 2.26. The maximum Gasteiger partial charge on any atom is 0.129 e. The lowest BCUT2D eigenvalue weighted by Gasteiger charge is -2.02. The molecule has 0 saturated heterocycles. The van der Waals surface area contributed by atoms with Crippen molar-refractivity contribution in [2.75, 3.05) is 0 Å². The van der Waals surface area contributed by atoms with Crippen LogP contribution in [-0.2, 0) is 0 Å². The third-order valence-electron chi connectivity index (χ3n) is 2.30. The van der Waals surface area contributed by atoms with Crippen LogP contribution in [-0.4, -0.2) is 8.07 Å². The highest BCUT2D eigenvalue weighted by molar-refractivity contribution is 6.83. The standard InChI is InChI=1S/C12H20Si/c1-5-6-7-11-10-12(11)8-9-13(2,3)4/h5,11-12H,1,6-7,10H2,2-4H3/t11?,12-/m0/s1. The minimum atomic E-state index is -1.12. The molecule has 0 bridgehead atoms. The average Bonchev–Trinajstić information content (AvgIpc) is 2.75. The SMILES string of the molecule is C=CCCC1C[C@@H]1C#C[Si](C)(C)C. The van der Waals surface area contributed by atoms with Gasteiger partial charge in [0.2, 0.25) is 0 Å². The first-order valence-electron chi connectivity index (χ1n) is 5.16. The highest BCUT2D eigenvalue weighted by Crippen LogP contribution is 2.41. The Labute approximate surface area is 83.4 Å². The summed E-state index contributed by atoms with van der Waals surface area (Å²) >= 11 is 0. The predicted octanol–water partition coefficient (Wildman–Crippen LogP) is 3.47. The van der Waals surface area contributed by atoms with E-state index in [1.807, 2.05) is 6.08 Å². The van der Waals surface area contributed by atoms with Gasteiger partial charge >= 0.3 is 0 Å². The fourth-order valence-electron chi connectivity index (χ4n) is 1.38. The Morgan fingerprint density at radius 3 is 2.69 bits per heavy atom. The van der Waals surface area contributed by atoms with Gasteiger partial charge in [0.25, 0.3) is 0 Å². The summed E-state index contributed by atoms with van der Waals surface area (Å²) in [5.41, 5.74) is 3.45. The average molecular weight is 192 g/mol. The second kappa shape index (κ2) is 4.15. The molecule has 1 rings (SSSR count). The maximum absolute atomic E-state index is 3.74. The molecular formula is C12H20Si. The molecule has 1 aliphatic carbocycles. The molecule has 2 atom stereocenters. The molecule has 1 aliphatic rings. The van der Waals surface area contributed by atoms with Gasteiger partial charge in [-0.1, -0.05) is 25.7 Å². The van der Waals surface area contributed by atoms with Gasteiger partial charge in [-0.25, -0.2) is 0 Å². The molecule has 0 aromatic heterocycles. The van der Waals surface area contributed by atoms with Crippen molar-refractivity contribution in [1.29, 1.82) is 0 Å². The van der Waals surface area contributed by atoms with E-state index in [-0.39, 0.29) is 0 Å². The maximum atomic E-state index is 3.74. The second-order valence-corrected chi connectivity index (χ2v) is 9.74. The van der Waals surface area contributed by atoms with E-state index in [0.717, 1.165) is 18.3 Å². The Bertz CT molecular complexity index is 236. The van der Waals surface area contributed by atoms with E-state index in [0.29, 0.717) is 0 Å². The Hall–Kier alpha value is -0.483. The van der Waals surface area contributed by atoms with Crippen molar-refractivity contribution in [3.05, 3.63) is 12.7 Å². The summed E-state index contributed by atoms with van der Waals surface area (Å²) in [4.78, 5) is 0. The normalized spacial score (nSPS) is 26.1. The number of rotatable bonds is 3. The van der Waals surface area contributed by atoms with Gasteiger partial charge in [-0.2, -0.15) is 0 Å². The number of hydrogen-bond donors (Lipinski definition) is 0. The second-order valence-electron chi connectivity index (χ2n) is 4.99. The summed E-state index contributed by atoms with van der Waals surface area (Å²) in [5, 5.41) is 0. The monoisotopic (exact) mass is 192 g/mol. The smallest absolute Gasteiger partial charge is 0.129 e. The predicted molar refractivity (Wildman–Crippen MR) is 62.2 cm³/mol. The van der Waals surface area contributed by atoms with Crippen LogP contribution >= 0.6 is 0 Å². The van der Waals surface area contributed by atoms with Gasteiger partial charge < -0.3 is 0 Å². The third-order valence-corrected chi connectivity index (χ3v) is 3.19. The topological polar surface area (TPSA) is 0 Å². The minimum absolute atomic E-state index is 0.728. The van der Waals surface area contributed by atoms with Gasteiger partial charge in [-0.15, -0.1) is 18.0 Å². The van der Waals surface area contributed by atoms with E-state index in [9.17, 15) is 0 Å². The summed E-state index contributed by atoms with van der Waals surface area (Å²) in [6, 6.07) is 0. The van der Waals surface area contributed by atoms with Crippen LogP contribution in [0.3, 0.4) is 0 Å². The Morgan fingerprint density at radius 2 is 2.15 bits per heavy atom. The molecule has 0 nitrogen and oxygen atoms in total. The van der Waals surface area contributed by atoms with Crippen LogP contribution in [0.4, 0.5) is 0 Å². The molecule has 0 amide bonds. The summed E-state index contributed by atoms with van der Waals surface area (Å²) < 4.78 is 0. The summed E-state index contributed by atoms with van der Waals surface area (Å²) in [5.74, 6) is 5.05. The highest BCUT2D eigenvalue weighted by atomic mass is 28.3. The van der Waals surface area contributed by atoms with Gasteiger partial charge in [0.05, 0.1) is 0 Å². The first-order valence-corrected chi connectivity index (χ1v) is 8.66.